The summed E-state index contributed by atoms with van der Waals surface area (Å²) in [5.41, 5.74) is 0.0607. The lowest BCUT2D eigenvalue weighted by molar-refractivity contribution is 0.0723. The molecule has 0 unspecified atom stereocenters. The fourth-order valence-corrected chi connectivity index (χ4v) is 2.47. The Morgan fingerprint density at radius 3 is 2.71 bits per heavy atom. The summed E-state index contributed by atoms with van der Waals surface area (Å²) in [6.07, 6.45) is 1.79. The van der Waals surface area contributed by atoms with Crippen LogP contribution in [0, 0.1) is 5.82 Å². The smallest absolute Gasteiger partial charge is 0.256 e. The number of alkyl halides is 1. The highest BCUT2D eigenvalue weighted by atomic mass is 79.9. The molecule has 5 heteroatoms. The number of nitrogens with zero attached hydrogens (tertiary/aromatic N) is 1. The van der Waals surface area contributed by atoms with Crippen LogP contribution in [0.3, 0.4) is 0 Å². The van der Waals surface area contributed by atoms with E-state index >= 15 is 0 Å². The van der Waals surface area contributed by atoms with Crippen LogP contribution in [0.25, 0.3) is 0 Å². The summed E-state index contributed by atoms with van der Waals surface area (Å²) in [4.78, 5) is 14.2. The van der Waals surface area contributed by atoms with Gasteiger partial charge in [0.05, 0.1) is 10.6 Å². The summed E-state index contributed by atoms with van der Waals surface area (Å²) in [6, 6.07) is 4.51. The van der Waals surface area contributed by atoms with Gasteiger partial charge in [0.25, 0.3) is 5.91 Å². The van der Waals surface area contributed by atoms with Crippen LogP contribution in [0.4, 0.5) is 4.39 Å². The number of benzene rings is 1. The molecule has 17 heavy (non-hydrogen) atoms. The number of hydrogen-bond donors (Lipinski definition) is 0. The van der Waals surface area contributed by atoms with Gasteiger partial charge in [0.2, 0.25) is 0 Å². The topological polar surface area (TPSA) is 20.3 Å². The summed E-state index contributed by atoms with van der Waals surface area (Å²) in [6.45, 7) is 1.31. The summed E-state index contributed by atoms with van der Waals surface area (Å²) in [5.74, 6) is -0.899. The van der Waals surface area contributed by atoms with E-state index in [0.717, 1.165) is 12.8 Å². The van der Waals surface area contributed by atoms with E-state index in [-0.39, 0.29) is 16.5 Å². The third-order valence-electron chi connectivity index (χ3n) is 2.89. The number of piperidine rings is 1. The molecule has 1 aliphatic rings. The largest absolute Gasteiger partial charge is 0.338 e. The molecule has 0 atom stereocenters. The van der Waals surface area contributed by atoms with Gasteiger partial charge in [-0.1, -0.05) is 33.6 Å². The average Bonchev–Trinajstić information content (AvgIpc) is 2.33. The van der Waals surface area contributed by atoms with E-state index in [4.69, 9.17) is 11.6 Å². The van der Waals surface area contributed by atoms with Gasteiger partial charge in [-0.05, 0) is 25.0 Å². The van der Waals surface area contributed by atoms with Crippen molar-refractivity contribution in [1.29, 1.82) is 0 Å². The molecule has 0 saturated carbocycles. The van der Waals surface area contributed by atoms with Crippen molar-refractivity contribution in [2.75, 3.05) is 13.1 Å². The zero-order chi connectivity index (χ0) is 12.4. The lowest BCUT2D eigenvalue weighted by atomic mass is 10.1. The SMILES string of the molecule is O=C(c1cccc(Cl)c1F)N1CCC(Br)CC1. The Hall–Kier alpha value is -0.610. The number of hydrogen-bond acceptors (Lipinski definition) is 1. The number of rotatable bonds is 1. The van der Waals surface area contributed by atoms with E-state index in [1.54, 1.807) is 11.0 Å². The maximum atomic E-state index is 13.7. The van der Waals surface area contributed by atoms with Crippen LogP contribution < -0.4 is 0 Å². The minimum Gasteiger partial charge on any atom is -0.338 e. The number of carbonyl (C=O) groups is 1. The molecule has 92 valence electrons. The van der Waals surface area contributed by atoms with Gasteiger partial charge in [-0.2, -0.15) is 0 Å². The molecule has 1 saturated heterocycles. The molecule has 1 heterocycles. The van der Waals surface area contributed by atoms with Crippen LogP contribution >= 0.6 is 27.5 Å². The van der Waals surface area contributed by atoms with Crippen molar-refractivity contribution in [2.45, 2.75) is 17.7 Å². The number of likely N-dealkylation sites (tertiary alicyclic amines) is 1. The van der Waals surface area contributed by atoms with Crippen molar-refractivity contribution in [2.24, 2.45) is 0 Å². The first-order valence-electron chi connectivity index (χ1n) is 5.47. The van der Waals surface area contributed by atoms with Gasteiger partial charge < -0.3 is 4.90 Å². The minimum atomic E-state index is -0.625. The Morgan fingerprint density at radius 1 is 1.41 bits per heavy atom. The van der Waals surface area contributed by atoms with E-state index in [9.17, 15) is 9.18 Å². The van der Waals surface area contributed by atoms with Crippen molar-refractivity contribution in [1.82, 2.24) is 4.90 Å². The zero-order valence-corrected chi connectivity index (χ0v) is 11.5. The Balaban J connectivity index is 2.17. The van der Waals surface area contributed by atoms with Gasteiger partial charge in [0.1, 0.15) is 0 Å². The second-order valence-electron chi connectivity index (χ2n) is 4.07. The molecule has 1 aromatic rings. The van der Waals surface area contributed by atoms with Crippen LogP contribution in [-0.4, -0.2) is 28.7 Å². The summed E-state index contributed by atoms with van der Waals surface area (Å²) in [5, 5.41) is -0.00812. The van der Waals surface area contributed by atoms with Gasteiger partial charge >= 0.3 is 0 Å². The summed E-state index contributed by atoms with van der Waals surface area (Å²) < 4.78 is 13.7. The predicted molar refractivity (Wildman–Crippen MR) is 69.3 cm³/mol. The van der Waals surface area contributed by atoms with Crippen molar-refractivity contribution in [3.63, 3.8) is 0 Å². The van der Waals surface area contributed by atoms with E-state index in [2.05, 4.69) is 15.9 Å². The molecule has 0 radical (unpaired) electrons. The number of halogens is 3. The monoisotopic (exact) mass is 319 g/mol. The van der Waals surface area contributed by atoms with Gasteiger partial charge in [-0.25, -0.2) is 4.39 Å². The highest BCUT2D eigenvalue weighted by molar-refractivity contribution is 9.09. The van der Waals surface area contributed by atoms with Gasteiger partial charge in [-0.3, -0.25) is 4.79 Å². The van der Waals surface area contributed by atoms with Crippen LogP contribution in [0.15, 0.2) is 18.2 Å². The van der Waals surface area contributed by atoms with Crippen LogP contribution in [0.2, 0.25) is 5.02 Å². The molecule has 1 fully saturated rings. The van der Waals surface area contributed by atoms with E-state index < -0.39 is 5.82 Å². The van der Waals surface area contributed by atoms with E-state index in [1.807, 2.05) is 0 Å². The van der Waals surface area contributed by atoms with Crippen molar-refractivity contribution >= 4 is 33.4 Å². The highest BCUT2D eigenvalue weighted by Gasteiger charge is 2.24. The molecular weight excluding hydrogens is 308 g/mol. The number of carbonyl (C=O) groups excluding carboxylic acids is 1. The maximum Gasteiger partial charge on any atom is 0.256 e. The molecule has 0 N–H and O–H groups in total. The number of amides is 1. The molecule has 2 rings (SSSR count). The quantitative estimate of drug-likeness (QED) is 0.726. The zero-order valence-electron chi connectivity index (χ0n) is 9.13. The van der Waals surface area contributed by atoms with E-state index in [0.29, 0.717) is 17.9 Å². The maximum absolute atomic E-state index is 13.7. The molecule has 1 amide bonds. The third kappa shape index (κ3) is 2.80. The van der Waals surface area contributed by atoms with Crippen LogP contribution in [0.5, 0.6) is 0 Å². The normalized spacial score (nSPS) is 17.2. The third-order valence-corrected chi connectivity index (χ3v) is 4.10. The molecule has 2 nitrogen and oxygen atoms in total. The molecule has 0 aliphatic carbocycles. The molecule has 0 aromatic heterocycles. The Bertz CT molecular complexity index is 433. The lowest BCUT2D eigenvalue weighted by Gasteiger charge is -2.29. The lowest BCUT2D eigenvalue weighted by Crippen LogP contribution is -2.39. The van der Waals surface area contributed by atoms with Crippen LogP contribution in [-0.2, 0) is 0 Å². The van der Waals surface area contributed by atoms with Gasteiger partial charge in [0.15, 0.2) is 5.82 Å². The predicted octanol–water partition coefficient (Wildman–Crippen LogP) is 3.48. The average molecular weight is 321 g/mol. The fraction of sp³-hybridized carbons (Fsp3) is 0.417. The highest BCUT2D eigenvalue weighted by Crippen LogP contribution is 2.22. The Kier molecular flexibility index (Phi) is 4.05. The molecule has 1 aromatic carbocycles. The summed E-state index contributed by atoms with van der Waals surface area (Å²) >= 11 is 9.18. The van der Waals surface area contributed by atoms with Crippen molar-refractivity contribution in [3.05, 3.63) is 34.6 Å². The first kappa shape index (κ1) is 12.8. The first-order chi connectivity index (χ1) is 8.09. The Labute approximate surface area is 113 Å². The standard InChI is InChI=1S/C12H12BrClFNO/c13-8-4-6-16(7-5-8)12(17)9-2-1-3-10(14)11(9)15/h1-3,8H,4-7H2. The summed E-state index contributed by atoms with van der Waals surface area (Å²) in [7, 11) is 0. The van der Waals surface area contributed by atoms with Gasteiger partial charge in [-0.15, -0.1) is 0 Å². The minimum absolute atomic E-state index is 0.00812. The molecule has 0 bridgehead atoms. The van der Waals surface area contributed by atoms with Crippen molar-refractivity contribution in [3.8, 4) is 0 Å². The Morgan fingerprint density at radius 2 is 2.06 bits per heavy atom. The molecule has 1 aliphatic heterocycles. The van der Waals surface area contributed by atoms with Crippen LogP contribution in [0.1, 0.15) is 23.2 Å². The molecular formula is C12H12BrClFNO. The van der Waals surface area contributed by atoms with E-state index in [1.165, 1.54) is 12.1 Å². The molecule has 0 spiro atoms. The fourth-order valence-electron chi connectivity index (χ4n) is 1.89. The first-order valence-corrected chi connectivity index (χ1v) is 6.76. The second kappa shape index (κ2) is 5.36. The van der Waals surface area contributed by atoms with Crippen molar-refractivity contribution < 1.29 is 9.18 Å². The van der Waals surface area contributed by atoms with Gasteiger partial charge in [0, 0.05) is 17.9 Å². The second-order valence-corrected chi connectivity index (χ2v) is 5.77.